The lowest BCUT2D eigenvalue weighted by Crippen LogP contribution is -2.34. The van der Waals surface area contributed by atoms with Crippen LogP contribution in [0.15, 0.2) is 47.6 Å². The Hall–Kier alpha value is -1.73. The third-order valence-corrected chi connectivity index (χ3v) is 5.02. The van der Waals surface area contributed by atoms with Crippen LogP contribution in [0.5, 0.6) is 0 Å². The molecule has 1 aliphatic heterocycles. The first kappa shape index (κ1) is 17.1. The van der Waals surface area contributed by atoms with Gasteiger partial charge in [-0.2, -0.15) is 0 Å². The Labute approximate surface area is 157 Å². The molecule has 120 valence electrons. The van der Waals surface area contributed by atoms with E-state index in [4.69, 9.17) is 35.4 Å². The maximum atomic E-state index is 12.6. The summed E-state index contributed by atoms with van der Waals surface area (Å²) in [5, 5.41) is 0.905. The van der Waals surface area contributed by atoms with Gasteiger partial charge in [-0.1, -0.05) is 53.2 Å². The van der Waals surface area contributed by atoms with Crippen molar-refractivity contribution in [2.24, 2.45) is 0 Å². The number of halogens is 2. The number of thiocarbonyl (C=S) groups is 1. The van der Waals surface area contributed by atoms with Crippen molar-refractivity contribution in [3.05, 3.63) is 68.8 Å². The lowest BCUT2D eigenvalue weighted by molar-refractivity contribution is -0.120. The molecule has 0 bridgehead atoms. The summed E-state index contributed by atoms with van der Waals surface area (Å²) in [5.74, 6) is -0.985. The minimum absolute atomic E-state index is 0.171. The van der Waals surface area contributed by atoms with Crippen LogP contribution in [0, 0.1) is 0 Å². The Morgan fingerprint density at radius 1 is 1.29 bits per heavy atom. The molecule has 0 spiro atoms. The smallest absolute Gasteiger partial charge is 0.268 e. The summed E-state index contributed by atoms with van der Waals surface area (Å²) in [7, 11) is 0. The van der Waals surface area contributed by atoms with Gasteiger partial charge >= 0.3 is 0 Å². The van der Waals surface area contributed by atoms with Crippen LogP contribution in [0.3, 0.4) is 0 Å². The third-order valence-electron chi connectivity index (χ3n) is 3.15. The van der Waals surface area contributed by atoms with Crippen LogP contribution in [-0.2, 0) is 4.79 Å². The largest absolute Gasteiger partial charge is 0.273 e. The van der Waals surface area contributed by atoms with E-state index in [0.29, 0.717) is 26.1 Å². The molecule has 1 aromatic heterocycles. The monoisotopic (exact) mass is 394 g/mol. The number of hydrogen-bond donors (Lipinski definition) is 0. The Balaban J connectivity index is 1.92. The highest BCUT2D eigenvalue weighted by Crippen LogP contribution is 2.35. The van der Waals surface area contributed by atoms with Gasteiger partial charge in [-0.3, -0.25) is 14.6 Å². The minimum Gasteiger partial charge on any atom is -0.268 e. The summed E-state index contributed by atoms with van der Waals surface area (Å²) in [6, 6.07) is 8.14. The van der Waals surface area contributed by atoms with Crippen LogP contribution in [0.25, 0.3) is 6.08 Å². The van der Waals surface area contributed by atoms with E-state index < -0.39 is 11.8 Å². The van der Waals surface area contributed by atoms with Gasteiger partial charge in [0.15, 0.2) is 4.32 Å². The number of benzene rings is 1. The lowest BCUT2D eigenvalue weighted by Gasteiger charge is -2.11. The predicted octanol–water partition coefficient (Wildman–Crippen LogP) is 4.43. The fraction of sp³-hybridized carbons (Fsp3) is 0. The van der Waals surface area contributed by atoms with Gasteiger partial charge in [-0.05, 0) is 35.9 Å². The second-order valence-electron chi connectivity index (χ2n) is 4.73. The number of nitrogens with zero attached hydrogens (tertiary/aromatic N) is 2. The zero-order chi connectivity index (χ0) is 17.3. The fourth-order valence-electron chi connectivity index (χ4n) is 2.02. The molecule has 2 amide bonds. The molecule has 24 heavy (non-hydrogen) atoms. The second kappa shape index (κ2) is 7.03. The highest BCUT2D eigenvalue weighted by Gasteiger charge is 2.37. The Morgan fingerprint density at radius 3 is 2.75 bits per heavy atom. The number of carbonyl (C=O) groups is 2. The molecule has 2 heterocycles. The second-order valence-corrected chi connectivity index (χ2v) is 7.25. The molecule has 1 saturated heterocycles. The average Bonchev–Trinajstić information content (AvgIpc) is 2.84. The van der Waals surface area contributed by atoms with E-state index in [9.17, 15) is 9.59 Å². The summed E-state index contributed by atoms with van der Waals surface area (Å²) in [6.45, 7) is 0. The first-order valence-corrected chi connectivity index (χ1v) is 8.63. The number of amides is 2. The first-order valence-electron chi connectivity index (χ1n) is 6.65. The van der Waals surface area contributed by atoms with Crippen LogP contribution in [-0.4, -0.2) is 26.0 Å². The molecular formula is C16H8Cl2N2O2S2. The van der Waals surface area contributed by atoms with Crippen molar-refractivity contribution in [2.75, 3.05) is 0 Å². The average molecular weight is 395 g/mol. The highest BCUT2D eigenvalue weighted by molar-refractivity contribution is 8.26. The minimum atomic E-state index is -0.504. The molecule has 0 N–H and O–H groups in total. The van der Waals surface area contributed by atoms with Gasteiger partial charge in [0.2, 0.25) is 0 Å². The molecule has 4 nitrogen and oxygen atoms in total. The summed E-state index contributed by atoms with van der Waals surface area (Å²) in [5.41, 5.74) is 0.912. The van der Waals surface area contributed by atoms with Crippen LogP contribution in [0.1, 0.15) is 15.9 Å². The van der Waals surface area contributed by atoms with E-state index >= 15 is 0 Å². The molecule has 2 aromatic rings. The quantitative estimate of drug-likeness (QED) is 0.428. The number of pyridine rings is 1. The van der Waals surface area contributed by atoms with E-state index in [1.807, 2.05) is 0 Å². The van der Waals surface area contributed by atoms with Crippen LogP contribution in [0.2, 0.25) is 10.0 Å². The van der Waals surface area contributed by atoms with Gasteiger partial charge in [0.1, 0.15) is 0 Å². The maximum Gasteiger partial charge on any atom is 0.273 e. The van der Waals surface area contributed by atoms with Crippen molar-refractivity contribution in [1.82, 2.24) is 9.88 Å². The molecule has 0 unspecified atom stereocenters. The van der Waals surface area contributed by atoms with E-state index in [1.54, 1.807) is 42.6 Å². The number of imide groups is 1. The fourth-order valence-corrected chi connectivity index (χ4v) is 3.73. The van der Waals surface area contributed by atoms with Crippen molar-refractivity contribution >= 4 is 69.4 Å². The molecule has 0 atom stereocenters. The third kappa shape index (κ3) is 3.37. The zero-order valence-electron chi connectivity index (χ0n) is 11.9. The zero-order valence-corrected chi connectivity index (χ0v) is 15.0. The summed E-state index contributed by atoms with van der Waals surface area (Å²) in [4.78, 5) is 30.2. The number of carbonyl (C=O) groups excluding carboxylic acids is 2. The van der Waals surface area contributed by atoms with E-state index in [2.05, 4.69) is 4.98 Å². The molecular weight excluding hydrogens is 387 g/mol. The molecule has 1 fully saturated rings. The van der Waals surface area contributed by atoms with Crippen LogP contribution < -0.4 is 0 Å². The molecule has 1 aromatic carbocycles. The van der Waals surface area contributed by atoms with Crippen molar-refractivity contribution in [2.45, 2.75) is 0 Å². The normalized spacial score (nSPS) is 16.1. The Bertz CT molecular complexity index is 885. The van der Waals surface area contributed by atoms with Crippen molar-refractivity contribution in [1.29, 1.82) is 0 Å². The Morgan fingerprint density at radius 2 is 2.08 bits per heavy atom. The summed E-state index contributed by atoms with van der Waals surface area (Å²) in [6.07, 6.45) is 4.53. The topological polar surface area (TPSA) is 50.3 Å². The molecule has 8 heteroatoms. The number of hydrogen-bond acceptors (Lipinski definition) is 5. The van der Waals surface area contributed by atoms with Gasteiger partial charge in [0.25, 0.3) is 11.8 Å². The van der Waals surface area contributed by atoms with Gasteiger partial charge < -0.3 is 0 Å². The van der Waals surface area contributed by atoms with Gasteiger partial charge in [0.05, 0.1) is 10.5 Å². The van der Waals surface area contributed by atoms with E-state index in [-0.39, 0.29) is 4.32 Å². The van der Waals surface area contributed by atoms with Crippen molar-refractivity contribution < 1.29 is 9.59 Å². The molecule has 0 radical (unpaired) electrons. The Kier molecular flexibility index (Phi) is 5.01. The molecule has 0 saturated carbocycles. The summed E-state index contributed by atoms with van der Waals surface area (Å²) < 4.78 is 0.171. The highest BCUT2D eigenvalue weighted by atomic mass is 35.5. The molecule has 3 rings (SSSR count). The van der Waals surface area contributed by atoms with Crippen molar-refractivity contribution in [3.8, 4) is 0 Å². The SMILES string of the molecule is O=C1C(=Cc2ccc(Cl)cc2Cl)SC(=S)N1C(=O)c1cccnc1. The predicted molar refractivity (Wildman–Crippen MR) is 100 cm³/mol. The molecule has 0 aliphatic carbocycles. The number of rotatable bonds is 2. The lowest BCUT2D eigenvalue weighted by atomic mass is 10.2. The van der Waals surface area contributed by atoms with Crippen molar-refractivity contribution in [3.63, 3.8) is 0 Å². The van der Waals surface area contributed by atoms with Gasteiger partial charge in [0, 0.05) is 22.4 Å². The van der Waals surface area contributed by atoms with Gasteiger partial charge in [-0.15, -0.1) is 0 Å². The number of thioether (sulfide) groups is 1. The first-order chi connectivity index (χ1) is 11.5. The summed E-state index contributed by atoms with van der Waals surface area (Å²) >= 11 is 18.2. The van der Waals surface area contributed by atoms with Crippen LogP contribution in [0.4, 0.5) is 0 Å². The van der Waals surface area contributed by atoms with E-state index in [0.717, 1.165) is 16.7 Å². The standard InChI is InChI=1S/C16H8Cl2N2O2S2/c17-11-4-3-9(12(18)7-11)6-13-15(22)20(16(23)24-13)14(21)10-2-1-5-19-8-10/h1-8H. The van der Waals surface area contributed by atoms with Gasteiger partial charge in [-0.25, -0.2) is 4.90 Å². The molecule has 1 aliphatic rings. The van der Waals surface area contributed by atoms with E-state index in [1.165, 1.54) is 6.20 Å². The number of aromatic nitrogens is 1. The maximum absolute atomic E-state index is 12.6. The van der Waals surface area contributed by atoms with Crippen LogP contribution >= 0.6 is 47.2 Å².